The van der Waals surface area contributed by atoms with E-state index in [-0.39, 0.29) is 5.97 Å². The summed E-state index contributed by atoms with van der Waals surface area (Å²) < 4.78 is 7.30. The number of aromatic nitrogens is 2. The van der Waals surface area contributed by atoms with Crippen molar-refractivity contribution >= 4 is 5.97 Å². The number of hydrogen-bond donors (Lipinski definition) is 1. The number of nitrogens with one attached hydrogen (secondary N) is 1. The Morgan fingerprint density at radius 1 is 1.52 bits per heavy atom. The monoisotopic (exact) mass is 291 g/mol. The normalized spacial score (nSPS) is 28.8. The summed E-state index contributed by atoms with van der Waals surface area (Å²) in [7, 11) is 1.51. The third kappa shape index (κ3) is 2.84. The van der Waals surface area contributed by atoms with E-state index in [4.69, 9.17) is 4.74 Å². The quantitative estimate of drug-likeness (QED) is 0.815. The summed E-state index contributed by atoms with van der Waals surface area (Å²) in [5.74, 6) is 1.32. The number of hydrogen-bond acceptors (Lipinski definition) is 4. The maximum Gasteiger partial charge on any atom is 0.326 e. The van der Waals surface area contributed by atoms with Gasteiger partial charge in [-0.2, -0.15) is 0 Å². The second-order valence-electron chi connectivity index (χ2n) is 6.43. The molecule has 2 saturated carbocycles. The zero-order valence-electron chi connectivity index (χ0n) is 13.0. The van der Waals surface area contributed by atoms with Gasteiger partial charge < -0.3 is 9.30 Å². The third-order valence-corrected chi connectivity index (χ3v) is 5.05. The van der Waals surface area contributed by atoms with Crippen LogP contribution in [0.15, 0.2) is 12.4 Å². The lowest BCUT2D eigenvalue weighted by Gasteiger charge is -2.34. The van der Waals surface area contributed by atoms with Crippen LogP contribution < -0.4 is 5.32 Å². The molecule has 0 aromatic carbocycles. The number of carbonyl (C=O) groups is 1. The highest BCUT2D eigenvalue weighted by Crippen LogP contribution is 2.41. The zero-order chi connectivity index (χ0) is 14.9. The fourth-order valence-corrected chi connectivity index (χ4v) is 3.70. The third-order valence-electron chi connectivity index (χ3n) is 5.05. The van der Waals surface area contributed by atoms with Crippen LogP contribution >= 0.6 is 0 Å². The van der Waals surface area contributed by atoms with Crippen LogP contribution in [0.5, 0.6) is 0 Å². The van der Waals surface area contributed by atoms with Crippen molar-refractivity contribution < 1.29 is 9.53 Å². The van der Waals surface area contributed by atoms with Gasteiger partial charge in [0.15, 0.2) is 0 Å². The molecule has 116 valence electrons. The molecule has 5 heteroatoms. The Morgan fingerprint density at radius 2 is 2.33 bits per heavy atom. The summed E-state index contributed by atoms with van der Waals surface area (Å²) >= 11 is 0. The molecule has 0 saturated heterocycles. The van der Waals surface area contributed by atoms with Crippen molar-refractivity contribution in [3.63, 3.8) is 0 Å². The topological polar surface area (TPSA) is 56.1 Å². The number of rotatable bonds is 6. The maximum absolute atomic E-state index is 12.4. The van der Waals surface area contributed by atoms with Gasteiger partial charge in [0.05, 0.1) is 7.11 Å². The number of ether oxygens (including phenoxy) is 1. The van der Waals surface area contributed by atoms with Gasteiger partial charge in [-0.15, -0.1) is 0 Å². The van der Waals surface area contributed by atoms with Crippen molar-refractivity contribution in [1.29, 1.82) is 0 Å². The highest BCUT2D eigenvalue weighted by molar-refractivity contribution is 5.81. The van der Waals surface area contributed by atoms with Gasteiger partial charge in [0, 0.05) is 25.0 Å². The summed E-state index contributed by atoms with van der Waals surface area (Å²) in [6.07, 6.45) is 10.3. The van der Waals surface area contributed by atoms with Crippen molar-refractivity contribution in [3.8, 4) is 0 Å². The van der Waals surface area contributed by atoms with Crippen LogP contribution in [0.2, 0.25) is 0 Å². The van der Waals surface area contributed by atoms with Crippen LogP contribution in [-0.2, 0) is 16.1 Å². The fraction of sp³-hybridized carbons (Fsp3) is 0.750. The van der Waals surface area contributed by atoms with Gasteiger partial charge in [-0.1, -0.05) is 6.42 Å². The lowest BCUT2D eigenvalue weighted by molar-refractivity contribution is -0.150. The Kier molecular flexibility index (Phi) is 4.02. The van der Waals surface area contributed by atoms with Gasteiger partial charge in [-0.05, 0) is 44.9 Å². The molecule has 2 aliphatic rings. The van der Waals surface area contributed by atoms with E-state index in [9.17, 15) is 4.79 Å². The molecule has 2 fully saturated rings. The molecule has 1 heterocycles. The van der Waals surface area contributed by atoms with E-state index < -0.39 is 5.54 Å². The molecule has 0 aliphatic heterocycles. The van der Waals surface area contributed by atoms with Crippen LogP contribution in [0.4, 0.5) is 0 Å². The summed E-state index contributed by atoms with van der Waals surface area (Å²) in [5, 5.41) is 3.61. The molecule has 0 spiro atoms. The molecular formula is C16H25N3O2. The second-order valence-corrected chi connectivity index (χ2v) is 6.43. The summed E-state index contributed by atoms with van der Waals surface area (Å²) in [6.45, 7) is 2.94. The average Bonchev–Trinajstić information content (AvgIpc) is 3.05. The van der Waals surface area contributed by atoms with E-state index in [1.807, 2.05) is 19.3 Å². The van der Waals surface area contributed by atoms with Gasteiger partial charge >= 0.3 is 5.97 Å². The van der Waals surface area contributed by atoms with Crippen molar-refractivity contribution in [1.82, 2.24) is 14.9 Å². The van der Waals surface area contributed by atoms with Crippen molar-refractivity contribution in [2.75, 3.05) is 7.11 Å². The lowest BCUT2D eigenvalue weighted by atomic mass is 9.84. The number of aryl methyl sites for hydroxylation is 2. The van der Waals surface area contributed by atoms with Gasteiger partial charge in [-0.25, -0.2) is 4.98 Å². The maximum atomic E-state index is 12.4. The van der Waals surface area contributed by atoms with Crippen molar-refractivity contribution in [2.45, 2.75) is 63.6 Å². The van der Waals surface area contributed by atoms with Crippen LogP contribution in [0.25, 0.3) is 0 Å². The zero-order valence-corrected chi connectivity index (χ0v) is 13.0. The van der Waals surface area contributed by atoms with Gasteiger partial charge in [0.25, 0.3) is 0 Å². The Hall–Kier alpha value is -1.36. The van der Waals surface area contributed by atoms with E-state index in [1.165, 1.54) is 20.0 Å². The first-order chi connectivity index (χ1) is 10.2. The van der Waals surface area contributed by atoms with Crippen LogP contribution in [0, 0.1) is 12.8 Å². The average molecular weight is 291 g/mol. The molecule has 21 heavy (non-hydrogen) atoms. The first-order valence-electron chi connectivity index (χ1n) is 7.99. The first-order valence-corrected chi connectivity index (χ1v) is 7.99. The Bertz CT molecular complexity index is 509. The smallest absolute Gasteiger partial charge is 0.326 e. The number of carbonyl (C=O) groups excluding carboxylic acids is 1. The molecule has 0 amide bonds. The molecule has 0 radical (unpaired) electrons. The van der Waals surface area contributed by atoms with E-state index in [0.29, 0.717) is 12.0 Å². The molecule has 2 atom stereocenters. The minimum Gasteiger partial charge on any atom is -0.468 e. The fourth-order valence-electron chi connectivity index (χ4n) is 3.70. The number of nitrogens with zero attached hydrogens (tertiary/aromatic N) is 2. The number of imidazole rings is 1. The molecule has 5 nitrogen and oxygen atoms in total. The van der Waals surface area contributed by atoms with Crippen LogP contribution in [0.1, 0.15) is 44.3 Å². The van der Waals surface area contributed by atoms with Crippen molar-refractivity contribution in [3.05, 3.63) is 18.2 Å². The molecule has 1 aromatic rings. The standard InChI is InChI=1S/C16H25N3O2/c1-12-17-9-11-19(12)10-7-13-4-3-8-16(13,15(20)21-2)18-14-5-6-14/h9,11,13-14,18H,3-8,10H2,1-2H3. The summed E-state index contributed by atoms with van der Waals surface area (Å²) in [5.41, 5.74) is -0.454. The molecule has 2 unspecified atom stereocenters. The molecular weight excluding hydrogens is 266 g/mol. The highest BCUT2D eigenvalue weighted by atomic mass is 16.5. The minimum absolute atomic E-state index is 0.0701. The van der Waals surface area contributed by atoms with Gasteiger partial charge in [-0.3, -0.25) is 10.1 Å². The Morgan fingerprint density at radius 3 is 2.95 bits per heavy atom. The minimum atomic E-state index is -0.454. The molecule has 3 rings (SSSR count). The largest absolute Gasteiger partial charge is 0.468 e. The van der Waals surface area contributed by atoms with Gasteiger partial charge in [0.1, 0.15) is 11.4 Å². The van der Waals surface area contributed by atoms with E-state index in [1.54, 1.807) is 0 Å². The van der Waals surface area contributed by atoms with Crippen LogP contribution in [0.3, 0.4) is 0 Å². The molecule has 2 aliphatic carbocycles. The SMILES string of the molecule is COC(=O)C1(NC2CC2)CCCC1CCn1ccnc1C. The predicted octanol–water partition coefficient (Wildman–Crippen LogP) is 2.05. The van der Waals surface area contributed by atoms with E-state index in [2.05, 4.69) is 14.9 Å². The molecule has 0 bridgehead atoms. The summed E-state index contributed by atoms with van der Waals surface area (Å²) in [6, 6.07) is 0.514. The highest BCUT2D eigenvalue weighted by Gasteiger charge is 2.51. The van der Waals surface area contributed by atoms with Crippen LogP contribution in [-0.4, -0.2) is 34.2 Å². The Balaban J connectivity index is 1.71. The predicted molar refractivity (Wildman–Crippen MR) is 79.8 cm³/mol. The molecule has 1 aromatic heterocycles. The van der Waals surface area contributed by atoms with Gasteiger partial charge in [0.2, 0.25) is 0 Å². The van der Waals surface area contributed by atoms with E-state index in [0.717, 1.165) is 38.1 Å². The lowest BCUT2D eigenvalue weighted by Crippen LogP contribution is -2.56. The molecule has 1 N–H and O–H groups in total. The van der Waals surface area contributed by atoms with E-state index >= 15 is 0 Å². The Labute approximate surface area is 126 Å². The first kappa shape index (κ1) is 14.6. The number of esters is 1. The second kappa shape index (κ2) is 5.79. The van der Waals surface area contributed by atoms with Crippen molar-refractivity contribution in [2.24, 2.45) is 5.92 Å². The summed E-state index contributed by atoms with van der Waals surface area (Å²) in [4.78, 5) is 16.7. The number of methoxy groups -OCH3 is 1.